The Kier molecular flexibility index (Phi) is 12.4. The third kappa shape index (κ3) is 7.60. The summed E-state index contributed by atoms with van der Waals surface area (Å²) in [5, 5.41) is 17.0. The Labute approximate surface area is 240 Å². The van der Waals surface area contributed by atoms with Gasteiger partial charge in [-0.2, -0.15) is 0 Å². The van der Waals surface area contributed by atoms with Crippen LogP contribution < -0.4 is 26.8 Å². The lowest BCUT2D eigenvalue weighted by Crippen LogP contribution is -2.35. The molecule has 10 nitrogen and oxygen atoms in total. The Morgan fingerprint density at radius 2 is 1.23 bits per heavy atom. The third-order valence-electron chi connectivity index (χ3n) is 6.72. The summed E-state index contributed by atoms with van der Waals surface area (Å²) < 4.78 is 5.60. The number of amides is 2. The van der Waals surface area contributed by atoms with Crippen molar-refractivity contribution in [1.29, 1.82) is 0 Å². The average Bonchev–Trinajstić information content (AvgIpc) is 2.93. The molecule has 2 aromatic rings. The van der Waals surface area contributed by atoms with Crippen LogP contribution in [0.25, 0.3) is 11.1 Å². The number of carbonyl (C=O) groups is 2. The van der Waals surface area contributed by atoms with Gasteiger partial charge in [-0.15, -0.1) is 0 Å². The van der Waals surface area contributed by atoms with Crippen LogP contribution in [0.4, 0.5) is 11.4 Å². The molecule has 2 aromatic carbocycles. The molecule has 216 valence electrons. The van der Waals surface area contributed by atoms with Crippen LogP contribution in [0, 0.1) is 0 Å². The highest BCUT2D eigenvalue weighted by molar-refractivity contribution is 6.36. The second kappa shape index (κ2) is 15.0. The van der Waals surface area contributed by atoms with Gasteiger partial charge in [-0.25, -0.2) is 0 Å². The molecule has 0 saturated heterocycles. The average molecular weight is 584 g/mol. The molecular formula is C27H40Cl2N6O4. The van der Waals surface area contributed by atoms with Crippen LogP contribution in [0.1, 0.15) is 48.4 Å². The van der Waals surface area contributed by atoms with Gasteiger partial charge >= 0.3 is 0 Å². The van der Waals surface area contributed by atoms with Crippen molar-refractivity contribution in [3.8, 4) is 22.6 Å². The van der Waals surface area contributed by atoms with E-state index in [4.69, 9.17) is 39.4 Å². The summed E-state index contributed by atoms with van der Waals surface area (Å²) in [7, 11) is 1.36. The lowest BCUT2D eigenvalue weighted by atomic mass is 9.94. The largest absolute Gasteiger partial charge is 0.506 e. The number of nitrogens with one attached hydrogen (secondary N) is 2. The number of methoxy groups -OCH3 is 1. The van der Waals surface area contributed by atoms with Crippen molar-refractivity contribution in [2.45, 2.75) is 27.7 Å². The Balaban J connectivity index is 2.55. The molecule has 2 rings (SSSR count). The second-order valence-corrected chi connectivity index (χ2v) is 9.65. The van der Waals surface area contributed by atoms with Gasteiger partial charge in [0.05, 0.1) is 50.8 Å². The molecule has 0 spiro atoms. The number of hydrogen-bond acceptors (Lipinski definition) is 8. The van der Waals surface area contributed by atoms with Crippen molar-refractivity contribution >= 4 is 46.4 Å². The first-order valence-electron chi connectivity index (χ1n) is 13.0. The van der Waals surface area contributed by atoms with Gasteiger partial charge < -0.3 is 41.7 Å². The number of hydrogen-bond donors (Lipinski definition) is 5. The molecule has 2 amide bonds. The number of carbonyl (C=O) groups excluding carboxylic acids is 2. The lowest BCUT2D eigenvalue weighted by Gasteiger charge is -2.22. The molecule has 0 radical (unpaired) electrons. The smallest absolute Gasteiger partial charge is 0.255 e. The summed E-state index contributed by atoms with van der Waals surface area (Å²) in [6.07, 6.45) is 0. The Morgan fingerprint density at radius 3 is 1.67 bits per heavy atom. The standard InChI is InChI=1S/C27H40Cl2N6O4/c1-6-34(7-2)12-10-32-26(37)16-14-18(28)22(30)20(24(16)36)21-23(31)19(29)15-17(25(21)39-5)27(38)33-11-13-35(8-3)9-4/h14-15,36H,6-13,30-31H2,1-5H3,(H,32,37)(H,33,38). The van der Waals surface area contributed by atoms with E-state index in [9.17, 15) is 14.7 Å². The molecule has 0 aliphatic carbocycles. The summed E-state index contributed by atoms with van der Waals surface area (Å²) in [6, 6.07) is 2.68. The zero-order valence-electron chi connectivity index (χ0n) is 23.3. The topological polar surface area (TPSA) is 146 Å². The zero-order valence-corrected chi connectivity index (χ0v) is 24.8. The van der Waals surface area contributed by atoms with Crippen molar-refractivity contribution in [3.63, 3.8) is 0 Å². The third-order valence-corrected chi connectivity index (χ3v) is 7.34. The molecular weight excluding hydrogens is 543 g/mol. The molecule has 0 aromatic heterocycles. The minimum absolute atomic E-state index is 0.00497. The zero-order chi connectivity index (χ0) is 29.3. The van der Waals surface area contributed by atoms with Crippen LogP contribution in [0.3, 0.4) is 0 Å². The first kappa shape index (κ1) is 32.3. The van der Waals surface area contributed by atoms with Gasteiger partial charge in [0.1, 0.15) is 11.5 Å². The van der Waals surface area contributed by atoms with Gasteiger partial charge in [0.15, 0.2) is 0 Å². The number of aromatic hydroxyl groups is 1. The first-order chi connectivity index (χ1) is 18.6. The number of benzene rings is 2. The van der Waals surface area contributed by atoms with Crippen LogP contribution in [0.15, 0.2) is 12.1 Å². The monoisotopic (exact) mass is 582 g/mol. The van der Waals surface area contributed by atoms with Crippen molar-refractivity contribution in [1.82, 2.24) is 20.4 Å². The molecule has 0 unspecified atom stereocenters. The summed E-state index contributed by atoms with van der Waals surface area (Å²) in [6.45, 7) is 13.6. The van der Waals surface area contributed by atoms with Gasteiger partial charge in [-0.05, 0) is 38.3 Å². The number of nitrogens with zero attached hydrogens (tertiary/aromatic N) is 2. The molecule has 0 bridgehead atoms. The molecule has 7 N–H and O–H groups in total. The van der Waals surface area contributed by atoms with Crippen LogP contribution in [0.5, 0.6) is 11.5 Å². The Bertz CT molecular complexity index is 1170. The normalized spacial score (nSPS) is 11.2. The summed E-state index contributed by atoms with van der Waals surface area (Å²) >= 11 is 12.8. The van der Waals surface area contributed by atoms with Crippen LogP contribution in [-0.4, -0.2) is 86.2 Å². The van der Waals surface area contributed by atoms with Gasteiger partial charge in [-0.1, -0.05) is 50.9 Å². The molecule has 0 aliphatic rings. The Morgan fingerprint density at radius 1 is 0.821 bits per heavy atom. The van der Waals surface area contributed by atoms with E-state index < -0.39 is 17.6 Å². The van der Waals surface area contributed by atoms with Crippen molar-refractivity contribution < 1.29 is 19.4 Å². The highest BCUT2D eigenvalue weighted by Crippen LogP contribution is 2.50. The maximum absolute atomic E-state index is 13.2. The van der Waals surface area contributed by atoms with E-state index in [0.29, 0.717) is 26.2 Å². The van der Waals surface area contributed by atoms with E-state index in [1.807, 2.05) is 27.7 Å². The van der Waals surface area contributed by atoms with Gasteiger partial charge in [0, 0.05) is 26.2 Å². The predicted molar refractivity (Wildman–Crippen MR) is 159 cm³/mol. The highest BCUT2D eigenvalue weighted by atomic mass is 35.5. The van der Waals surface area contributed by atoms with Crippen LogP contribution >= 0.6 is 23.2 Å². The van der Waals surface area contributed by atoms with Crippen LogP contribution in [0.2, 0.25) is 10.0 Å². The molecule has 39 heavy (non-hydrogen) atoms. The Hall–Kier alpha value is -2.92. The number of likely N-dealkylation sites (N-methyl/N-ethyl adjacent to an activating group) is 2. The van der Waals surface area contributed by atoms with Gasteiger partial charge in [-0.3, -0.25) is 9.59 Å². The fourth-order valence-electron chi connectivity index (χ4n) is 4.28. The summed E-state index contributed by atoms with van der Waals surface area (Å²) in [5.41, 5.74) is 12.6. The molecule has 0 heterocycles. The van der Waals surface area contributed by atoms with Crippen molar-refractivity contribution in [2.24, 2.45) is 0 Å². The first-order valence-corrected chi connectivity index (χ1v) is 13.8. The number of nitrogens with two attached hydrogens (primary N) is 2. The molecule has 0 aliphatic heterocycles. The number of phenolic OH excluding ortho intramolecular Hbond substituents is 1. The van der Waals surface area contributed by atoms with Crippen molar-refractivity contribution in [3.05, 3.63) is 33.3 Å². The highest BCUT2D eigenvalue weighted by Gasteiger charge is 2.29. The second-order valence-electron chi connectivity index (χ2n) is 8.84. The summed E-state index contributed by atoms with van der Waals surface area (Å²) in [4.78, 5) is 30.5. The van der Waals surface area contributed by atoms with E-state index in [-0.39, 0.29) is 49.4 Å². The quantitative estimate of drug-likeness (QED) is 0.212. The summed E-state index contributed by atoms with van der Waals surface area (Å²) in [5.74, 6) is -1.42. The fraction of sp³-hybridized carbons (Fsp3) is 0.481. The molecule has 12 heteroatoms. The number of phenols is 1. The molecule has 0 fully saturated rings. The van der Waals surface area contributed by atoms with Gasteiger partial charge in [0.2, 0.25) is 0 Å². The van der Waals surface area contributed by atoms with Crippen molar-refractivity contribution in [2.75, 3.05) is 70.9 Å². The molecule has 0 atom stereocenters. The number of nitrogen functional groups attached to an aromatic ring is 2. The van der Waals surface area contributed by atoms with E-state index in [2.05, 4.69) is 20.4 Å². The minimum atomic E-state index is -0.545. The maximum atomic E-state index is 13.2. The molecule has 0 saturated carbocycles. The van der Waals surface area contributed by atoms with Gasteiger partial charge in [0.25, 0.3) is 11.8 Å². The maximum Gasteiger partial charge on any atom is 0.255 e. The predicted octanol–water partition coefficient (Wildman–Crippen LogP) is 3.68. The number of anilines is 2. The van der Waals surface area contributed by atoms with E-state index >= 15 is 0 Å². The van der Waals surface area contributed by atoms with Crippen LogP contribution in [-0.2, 0) is 0 Å². The van der Waals surface area contributed by atoms with E-state index in [1.54, 1.807) is 0 Å². The van der Waals surface area contributed by atoms with E-state index in [1.165, 1.54) is 19.2 Å². The fourth-order valence-corrected chi connectivity index (χ4v) is 4.69. The number of ether oxygens (including phenoxy) is 1. The lowest BCUT2D eigenvalue weighted by molar-refractivity contribution is 0.0937. The van der Waals surface area contributed by atoms with E-state index in [0.717, 1.165) is 26.2 Å². The minimum Gasteiger partial charge on any atom is -0.506 e. The SMILES string of the molecule is CCN(CC)CCNC(=O)c1cc(Cl)c(N)c(-c2c(N)c(Cl)cc(C(=O)NCCN(CC)CC)c2OC)c1O. The number of halogens is 2. The number of rotatable bonds is 14.